The van der Waals surface area contributed by atoms with Gasteiger partial charge in [0.1, 0.15) is 11.9 Å². The highest BCUT2D eigenvalue weighted by Gasteiger charge is 2.27. The number of aliphatic hydroxyl groups excluding tert-OH is 1. The van der Waals surface area contributed by atoms with Crippen molar-refractivity contribution in [3.63, 3.8) is 0 Å². The zero-order chi connectivity index (χ0) is 24.5. The first-order valence-electron chi connectivity index (χ1n) is 11.7. The average Bonchev–Trinajstić information content (AvgIpc) is 3.70. The van der Waals surface area contributed by atoms with Crippen LogP contribution in [0.1, 0.15) is 41.4 Å². The Morgan fingerprint density at radius 1 is 0.771 bits per heavy atom. The van der Waals surface area contributed by atoms with E-state index in [4.69, 9.17) is 4.74 Å². The molecule has 1 N–H and O–H groups in total. The molecule has 0 aromatic heterocycles. The van der Waals surface area contributed by atoms with E-state index in [0.717, 1.165) is 11.1 Å². The van der Waals surface area contributed by atoms with Gasteiger partial charge in [0.2, 0.25) is 0 Å². The Balaban J connectivity index is 1.29. The van der Waals surface area contributed by atoms with Gasteiger partial charge in [-0.3, -0.25) is 0 Å². The number of benzene rings is 4. The van der Waals surface area contributed by atoms with Crippen molar-refractivity contribution in [1.82, 2.24) is 0 Å². The topological polar surface area (TPSA) is 32.8 Å². The van der Waals surface area contributed by atoms with E-state index in [2.05, 4.69) is 0 Å². The van der Waals surface area contributed by atoms with E-state index in [0.29, 0.717) is 41.7 Å². The van der Waals surface area contributed by atoms with E-state index < -0.39 is 17.7 Å². The third kappa shape index (κ3) is 5.02. The molecule has 1 heterocycles. The molecule has 2 unspecified atom stereocenters. The van der Waals surface area contributed by atoms with Crippen LogP contribution < -0.4 is 0 Å². The van der Waals surface area contributed by atoms with Crippen LogP contribution in [0.5, 0.6) is 0 Å². The predicted octanol–water partition coefficient (Wildman–Crippen LogP) is 7.35. The van der Waals surface area contributed by atoms with E-state index in [-0.39, 0.29) is 23.0 Å². The minimum absolute atomic E-state index is 0.105. The molecule has 4 aromatic carbocycles. The number of epoxide rings is 1. The van der Waals surface area contributed by atoms with Gasteiger partial charge in [0, 0.05) is 16.7 Å². The molecule has 178 valence electrons. The summed E-state index contributed by atoms with van der Waals surface area (Å²) < 4.78 is 49.3. The van der Waals surface area contributed by atoms with Crippen molar-refractivity contribution >= 4 is 0 Å². The second kappa shape index (κ2) is 9.68. The summed E-state index contributed by atoms with van der Waals surface area (Å²) in [6, 6.07) is 22.5. The summed E-state index contributed by atoms with van der Waals surface area (Å²) >= 11 is 0. The second-order valence-electron chi connectivity index (χ2n) is 8.96. The van der Waals surface area contributed by atoms with E-state index >= 15 is 0 Å². The lowest BCUT2D eigenvalue weighted by Crippen LogP contribution is -1.96. The molecule has 1 aliphatic rings. The minimum Gasteiger partial charge on any atom is -0.389 e. The monoisotopic (exact) mass is 474 g/mol. The Labute approximate surface area is 202 Å². The molecule has 1 saturated heterocycles. The predicted molar refractivity (Wildman–Crippen MR) is 130 cm³/mol. The normalized spacial score (nSPS) is 15.7. The lowest BCUT2D eigenvalue weighted by atomic mass is 9.96. The first-order valence-corrected chi connectivity index (χ1v) is 11.7. The minimum atomic E-state index is -0.904. The fourth-order valence-corrected chi connectivity index (χ4v) is 4.29. The van der Waals surface area contributed by atoms with Crippen LogP contribution >= 0.6 is 0 Å². The summed E-state index contributed by atoms with van der Waals surface area (Å²) in [5.41, 5.74) is 4.74. The SMILES string of the molecule is CC(O)c1ccc(-c2ccc(-c3ccc(CCc4ccc(C5CO5)c(F)c4)cc3)c(F)c2F)cc1. The van der Waals surface area contributed by atoms with Gasteiger partial charge in [0.05, 0.1) is 12.7 Å². The fraction of sp³-hybridized carbons (Fsp3) is 0.200. The van der Waals surface area contributed by atoms with Crippen LogP contribution in [0.25, 0.3) is 22.3 Å². The Morgan fingerprint density at radius 2 is 1.29 bits per heavy atom. The molecule has 35 heavy (non-hydrogen) atoms. The molecule has 0 amide bonds. The summed E-state index contributed by atoms with van der Waals surface area (Å²) in [5.74, 6) is -2.04. The van der Waals surface area contributed by atoms with Gasteiger partial charge in [-0.05, 0) is 53.6 Å². The number of aliphatic hydroxyl groups is 1. The molecular weight excluding hydrogens is 449 g/mol. The van der Waals surface area contributed by atoms with Crippen molar-refractivity contribution in [2.24, 2.45) is 0 Å². The number of rotatable bonds is 7. The number of halogens is 3. The van der Waals surface area contributed by atoms with Crippen LogP contribution in [0.4, 0.5) is 13.2 Å². The van der Waals surface area contributed by atoms with Crippen molar-refractivity contribution in [3.05, 3.63) is 119 Å². The van der Waals surface area contributed by atoms with Crippen molar-refractivity contribution in [2.75, 3.05) is 6.61 Å². The zero-order valence-corrected chi connectivity index (χ0v) is 19.3. The largest absolute Gasteiger partial charge is 0.389 e. The Kier molecular flexibility index (Phi) is 6.46. The van der Waals surface area contributed by atoms with E-state index in [1.807, 2.05) is 18.2 Å². The molecule has 0 radical (unpaired) electrons. The molecular formula is C30H25F3O2. The molecule has 2 nitrogen and oxygen atoms in total. The van der Waals surface area contributed by atoms with Gasteiger partial charge in [-0.2, -0.15) is 0 Å². The quantitative estimate of drug-likeness (QED) is 0.284. The lowest BCUT2D eigenvalue weighted by molar-refractivity contribution is 0.199. The van der Waals surface area contributed by atoms with Crippen molar-refractivity contribution < 1.29 is 23.0 Å². The summed E-state index contributed by atoms with van der Waals surface area (Å²) in [6.07, 6.45) is 0.650. The van der Waals surface area contributed by atoms with Crippen LogP contribution in [-0.4, -0.2) is 11.7 Å². The first-order chi connectivity index (χ1) is 16.9. The van der Waals surface area contributed by atoms with Gasteiger partial charge in [0.15, 0.2) is 11.6 Å². The van der Waals surface area contributed by atoms with Gasteiger partial charge in [-0.25, -0.2) is 13.2 Å². The van der Waals surface area contributed by atoms with Crippen LogP contribution in [0.2, 0.25) is 0 Å². The van der Waals surface area contributed by atoms with Gasteiger partial charge >= 0.3 is 0 Å². The molecule has 5 rings (SSSR count). The highest BCUT2D eigenvalue weighted by atomic mass is 19.2. The number of ether oxygens (including phenoxy) is 1. The van der Waals surface area contributed by atoms with Gasteiger partial charge < -0.3 is 9.84 Å². The standard InChI is InChI=1S/C30H25F3O2/c1-18(34)21-9-11-23(12-10-21)25-15-14-24(29(32)30(25)33)22-7-4-19(5-8-22)2-3-20-6-13-26(27(31)16-20)28-17-35-28/h4-16,18,28,34H,2-3,17H2,1H3. The molecule has 0 bridgehead atoms. The van der Waals surface area contributed by atoms with Crippen LogP contribution in [0, 0.1) is 17.5 Å². The van der Waals surface area contributed by atoms with Crippen molar-refractivity contribution in [1.29, 1.82) is 0 Å². The molecule has 4 aromatic rings. The molecule has 1 fully saturated rings. The maximum absolute atomic E-state index is 15.0. The van der Waals surface area contributed by atoms with Gasteiger partial charge in [-0.15, -0.1) is 0 Å². The Hall–Kier alpha value is -3.41. The number of aryl methyl sites for hydroxylation is 2. The Bertz CT molecular complexity index is 1340. The van der Waals surface area contributed by atoms with E-state index in [1.54, 1.807) is 67.6 Å². The van der Waals surface area contributed by atoms with Gasteiger partial charge in [0.25, 0.3) is 0 Å². The molecule has 1 aliphatic heterocycles. The highest BCUT2D eigenvalue weighted by molar-refractivity contribution is 5.72. The molecule has 0 spiro atoms. The second-order valence-corrected chi connectivity index (χ2v) is 8.96. The Morgan fingerprint density at radius 3 is 1.80 bits per heavy atom. The number of hydrogen-bond donors (Lipinski definition) is 1. The smallest absolute Gasteiger partial charge is 0.167 e. The molecule has 2 atom stereocenters. The van der Waals surface area contributed by atoms with E-state index in [9.17, 15) is 18.3 Å². The van der Waals surface area contributed by atoms with Crippen LogP contribution in [0.15, 0.2) is 78.9 Å². The number of hydrogen-bond acceptors (Lipinski definition) is 2. The zero-order valence-electron chi connectivity index (χ0n) is 19.3. The van der Waals surface area contributed by atoms with Crippen LogP contribution in [0.3, 0.4) is 0 Å². The fourth-order valence-electron chi connectivity index (χ4n) is 4.29. The summed E-state index contributed by atoms with van der Waals surface area (Å²) in [4.78, 5) is 0. The lowest BCUT2D eigenvalue weighted by Gasteiger charge is -2.11. The third-order valence-corrected chi connectivity index (χ3v) is 6.50. The highest BCUT2D eigenvalue weighted by Crippen LogP contribution is 2.33. The molecule has 0 aliphatic carbocycles. The maximum atomic E-state index is 15.0. The first kappa shape index (κ1) is 23.3. The summed E-state index contributed by atoms with van der Waals surface area (Å²) in [7, 11) is 0. The average molecular weight is 475 g/mol. The summed E-state index contributed by atoms with van der Waals surface area (Å²) in [6.45, 7) is 2.23. The van der Waals surface area contributed by atoms with Crippen molar-refractivity contribution in [2.45, 2.75) is 32.0 Å². The van der Waals surface area contributed by atoms with Crippen LogP contribution in [-0.2, 0) is 17.6 Å². The molecule has 0 saturated carbocycles. The molecule has 5 heteroatoms. The van der Waals surface area contributed by atoms with Gasteiger partial charge in [-0.1, -0.05) is 72.8 Å². The van der Waals surface area contributed by atoms with Crippen molar-refractivity contribution in [3.8, 4) is 22.3 Å². The maximum Gasteiger partial charge on any atom is 0.167 e. The third-order valence-electron chi connectivity index (χ3n) is 6.50. The van der Waals surface area contributed by atoms with E-state index in [1.165, 1.54) is 0 Å². The summed E-state index contributed by atoms with van der Waals surface area (Å²) in [5, 5.41) is 9.65.